The van der Waals surface area contributed by atoms with Gasteiger partial charge in [0.15, 0.2) is 0 Å². The van der Waals surface area contributed by atoms with Gasteiger partial charge in [-0.05, 0) is 32.0 Å². The van der Waals surface area contributed by atoms with E-state index in [9.17, 15) is 14.0 Å². The minimum Gasteiger partial charge on any atom is -0.335 e. The van der Waals surface area contributed by atoms with Crippen molar-refractivity contribution < 1.29 is 14.0 Å². The van der Waals surface area contributed by atoms with Crippen LogP contribution in [0.25, 0.3) is 5.78 Å². The number of aryl methyl sites for hydroxylation is 2. The molecule has 0 aliphatic carbocycles. The smallest absolute Gasteiger partial charge is 0.293 e. The molecule has 9 heteroatoms. The molecule has 2 aromatic heterocycles. The minimum absolute atomic E-state index is 0.0428. The van der Waals surface area contributed by atoms with Crippen LogP contribution in [-0.2, 0) is 0 Å². The van der Waals surface area contributed by atoms with Crippen LogP contribution >= 0.6 is 0 Å². The number of piperazine rings is 1. The zero-order valence-corrected chi connectivity index (χ0v) is 15.6. The number of nitrogens with zero attached hydrogens (tertiary/aromatic N) is 6. The number of rotatable bonds is 2. The number of amides is 2. The van der Waals surface area contributed by atoms with Gasteiger partial charge in [0.2, 0.25) is 5.82 Å². The van der Waals surface area contributed by atoms with Crippen LogP contribution in [0.1, 0.15) is 32.4 Å². The monoisotopic (exact) mass is 382 g/mol. The van der Waals surface area contributed by atoms with E-state index in [2.05, 4.69) is 15.1 Å². The third-order valence-electron chi connectivity index (χ3n) is 4.77. The predicted octanol–water partition coefficient (Wildman–Crippen LogP) is 1.48. The summed E-state index contributed by atoms with van der Waals surface area (Å²) in [6.45, 7) is 5.04. The summed E-state index contributed by atoms with van der Waals surface area (Å²) in [5.74, 6) is -0.755. The van der Waals surface area contributed by atoms with Crippen molar-refractivity contribution in [3.63, 3.8) is 0 Å². The molecule has 1 aliphatic heterocycles. The lowest BCUT2D eigenvalue weighted by Crippen LogP contribution is -2.51. The van der Waals surface area contributed by atoms with Crippen LogP contribution in [0.2, 0.25) is 0 Å². The maximum absolute atomic E-state index is 13.8. The minimum atomic E-state index is -0.543. The first-order valence-corrected chi connectivity index (χ1v) is 8.98. The highest BCUT2D eigenvalue weighted by Crippen LogP contribution is 2.14. The molecule has 3 aromatic rings. The van der Waals surface area contributed by atoms with Gasteiger partial charge in [-0.15, -0.1) is 5.10 Å². The second-order valence-electron chi connectivity index (χ2n) is 6.75. The van der Waals surface area contributed by atoms with Gasteiger partial charge in [-0.3, -0.25) is 9.59 Å². The third kappa shape index (κ3) is 3.19. The maximum Gasteiger partial charge on any atom is 0.293 e. The van der Waals surface area contributed by atoms with E-state index in [0.29, 0.717) is 32.0 Å². The molecule has 28 heavy (non-hydrogen) atoms. The van der Waals surface area contributed by atoms with E-state index in [-0.39, 0.29) is 23.2 Å². The summed E-state index contributed by atoms with van der Waals surface area (Å²) in [6, 6.07) is 7.77. The van der Waals surface area contributed by atoms with Gasteiger partial charge in [-0.1, -0.05) is 12.1 Å². The summed E-state index contributed by atoms with van der Waals surface area (Å²) >= 11 is 0. The standard InChI is InChI=1S/C19H19FN6O2/c1-12-11-13(2)26-19(21-12)22-16(23-26)18(28)25-9-7-24(8-10-25)17(27)14-5-3-4-6-15(14)20/h3-6,11H,7-10H2,1-2H3. The van der Waals surface area contributed by atoms with Gasteiger partial charge in [0, 0.05) is 37.6 Å². The molecular formula is C19H19FN6O2. The quantitative estimate of drug-likeness (QED) is 0.670. The molecule has 1 fully saturated rings. The molecule has 2 amide bonds. The van der Waals surface area contributed by atoms with Crippen LogP contribution < -0.4 is 0 Å². The highest BCUT2D eigenvalue weighted by Gasteiger charge is 2.28. The normalized spacial score (nSPS) is 14.5. The van der Waals surface area contributed by atoms with Crippen LogP contribution in [0.4, 0.5) is 4.39 Å². The van der Waals surface area contributed by atoms with E-state index < -0.39 is 5.82 Å². The number of carbonyl (C=O) groups is 2. The summed E-state index contributed by atoms with van der Waals surface area (Å²) in [5, 5.41) is 4.26. The second kappa shape index (κ2) is 6.99. The number of halogens is 1. The first kappa shape index (κ1) is 18.0. The van der Waals surface area contributed by atoms with Crippen molar-refractivity contribution >= 4 is 17.6 Å². The molecule has 0 atom stereocenters. The Kier molecular flexibility index (Phi) is 4.50. The van der Waals surface area contributed by atoms with Crippen LogP contribution in [0.5, 0.6) is 0 Å². The lowest BCUT2D eigenvalue weighted by atomic mass is 10.1. The molecule has 0 unspecified atom stereocenters. The van der Waals surface area contributed by atoms with E-state index in [1.165, 1.54) is 16.6 Å². The predicted molar refractivity (Wildman–Crippen MR) is 98.5 cm³/mol. The molecule has 0 radical (unpaired) electrons. The summed E-state index contributed by atoms with van der Waals surface area (Å²) in [5.41, 5.74) is 1.69. The van der Waals surface area contributed by atoms with Gasteiger partial charge in [-0.25, -0.2) is 13.9 Å². The molecule has 1 aromatic carbocycles. The largest absolute Gasteiger partial charge is 0.335 e. The molecule has 0 N–H and O–H groups in total. The second-order valence-corrected chi connectivity index (χ2v) is 6.75. The number of aromatic nitrogens is 4. The first-order chi connectivity index (χ1) is 13.4. The number of hydrogen-bond donors (Lipinski definition) is 0. The Hall–Kier alpha value is -3.36. The van der Waals surface area contributed by atoms with Crippen LogP contribution in [0, 0.1) is 19.7 Å². The Morgan fingerprint density at radius 1 is 0.964 bits per heavy atom. The zero-order valence-electron chi connectivity index (χ0n) is 15.6. The summed E-state index contributed by atoms with van der Waals surface area (Å²) in [4.78, 5) is 36.9. The Bertz CT molecular complexity index is 1070. The van der Waals surface area contributed by atoms with Crippen molar-refractivity contribution in [3.05, 3.63) is 58.9 Å². The van der Waals surface area contributed by atoms with E-state index in [1.54, 1.807) is 21.9 Å². The van der Waals surface area contributed by atoms with Crippen LogP contribution in [-0.4, -0.2) is 67.4 Å². The van der Waals surface area contributed by atoms with Gasteiger partial charge < -0.3 is 9.80 Å². The zero-order chi connectivity index (χ0) is 19.8. The SMILES string of the molecule is Cc1cc(C)n2nc(C(=O)N3CCN(C(=O)c4ccccc4F)CC3)nc2n1. The molecule has 1 saturated heterocycles. The first-order valence-electron chi connectivity index (χ1n) is 8.98. The Balaban J connectivity index is 1.46. The summed E-state index contributed by atoms with van der Waals surface area (Å²) in [6.07, 6.45) is 0. The molecule has 4 rings (SSSR count). The molecule has 0 spiro atoms. The Morgan fingerprint density at radius 3 is 2.29 bits per heavy atom. The molecule has 0 saturated carbocycles. The van der Waals surface area contributed by atoms with Gasteiger partial charge >= 0.3 is 0 Å². The number of carbonyl (C=O) groups excluding carboxylic acids is 2. The van der Waals surface area contributed by atoms with Crippen LogP contribution in [0.3, 0.4) is 0 Å². The maximum atomic E-state index is 13.8. The average molecular weight is 382 g/mol. The summed E-state index contributed by atoms with van der Waals surface area (Å²) in [7, 11) is 0. The van der Waals surface area contributed by atoms with E-state index in [4.69, 9.17) is 0 Å². The number of fused-ring (bicyclic) bond motifs is 1. The lowest BCUT2D eigenvalue weighted by Gasteiger charge is -2.34. The molecule has 3 heterocycles. The fourth-order valence-corrected chi connectivity index (χ4v) is 3.32. The van der Waals surface area contributed by atoms with E-state index >= 15 is 0 Å². The van der Waals surface area contributed by atoms with Gasteiger partial charge in [0.25, 0.3) is 17.6 Å². The highest BCUT2D eigenvalue weighted by molar-refractivity contribution is 5.95. The molecule has 8 nitrogen and oxygen atoms in total. The third-order valence-corrected chi connectivity index (χ3v) is 4.77. The van der Waals surface area contributed by atoms with Crippen molar-refractivity contribution in [2.75, 3.05) is 26.2 Å². The molecular weight excluding hydrogens is 363 g/mol. The molecule has 1 aliphatic rings. The van der Waals surface area contributed by atoms with Crippen molar-refractivity contribution in [3.8, 4) is 0 Å². The Morgan fingerprint density at radius 2 is 1.61 bits per heavy atom. The van der Waals surface area contributed by atoms with Crippen molar-refractivity contribution in [2.45, 2.75) is 13.8 Å². The van der Waals surface area contributed by atoms with Crippen LogP contribution in [0.15, 0.2) is 30.3 Å². The Labute approximate surface area is 160 Å². The lowest BCUT2D eigenvalue weighted by molar-refractivity contribution is 0.0526. The van der Waals surface area contributed by atoms with Gasteiger partial charge in [0.05, 0.1) is 5.56 Å². The fraction of sp³-hybridized carbons (Fsp3) is 0.316. The van der Waals surface area contributed by atoms with Gasteiger partial charge in [-0.2, -0.15) is 4.98 Å². The number of hydrogen-bond acceptors (Lipinski definition) is 5. The van der Waals surface area contributed by atoms with Crippen molar-refractivity contribution in [1.29, 1.82) is 0 Å². The molecule has 0 bridgehead atoms. The van der Waals surface area contributed by atoms with E-state index in [1.807, 2.05) is 19.9 Å². The van der Waals surface area contributed by atoms with Gasteiger partial charge in [0.1, 0.15) is 5.82 Å². The van der Waals surface area contributed by atoms with Crippen molar-refractivity contribution in [2.24, 2.45) is 0 Å². The average Bonchev–Trinajstić information content (AvgIpc) is 3.12. The van der Waals surface area contributed by atoms with E-state index in [0.717, 1.165) is 11.4 Å². The number of benzene rings is 1. The fourth-order valence-electron chi connectivity index (χ4n) is 3.32. The molecule has 144 valence electrons. The highest BCUT2D eigenvalue weighted by atomic mass is 19.1. The topological polar surface area (TPSA) is 83.7 Å². The van der Waals surface area contributed by atoms with Crippen molar-refractivity contribution in [1.82, 2.24) is 29.4 Å². The summed E-state index contributed by atoms with van der Waals surface area (Å²) < 4.78 is 15.4.